The second kappa shape index (κ2) is 7.33. The van der Waals surface area contributed by atoms with Gasteiger partial charge in [0.1, 0.15) is 5.82 Å². The minimum Gasteiger partial charge on any atom is -0.319 e. The summed E-state index contributed by atoms with van der Waals surface area (Å²) in [7, 11) is 0. The van der Waals surface area contributed by atoms with Gasteiger partial charge < -0.3 is 5.32 Å². The van der Waals surface area contributed by atoms with Crippen molar-refractivity contribution in [2.24, 2.45) is 0 Å². The number of carbonyl (C=O) groups excluding carboxylic acids is 1. The van der Waals surface area contributed by atoms with E-state index in [2.05, 4.69) is 36.2 Å². The summed E-state index contributed by atoms with van der Waals surface area (Å²) in [4.78, 5) is 30.7. The lowest BCUT2D eigenvalue weighted by Gasteiger charge is -2.11. The van der Waals surface area contributed by atoms with E-state index >= 15 is 0 Å². The highest BCUT2D eigenvalue weighted by Crippen LogP contribution is 2.37. The molecule has 6 nitrogen and oxygen atoms in total. The van der Waals surface area contributed by atoms with Crippen molar-refractivity contribution in [3.8, 4) is 11.3 Å². The summed E-state index contributed by atoms with van der Waals surface area (Å²) in [6.45, 7) is 0. The standard InChI is InChI=1S/C22H16BrN5O/c23-15-3-4-19-17(9-15)18(10-20(28-19)13-5-7-24-8-6-13)22(29)27-16-11-25-21(26-12-16)14-1-2-14/h3-12,14H,1-2H2,(H,27,29). The first-order valence-electron chi connectivity index (χ1n) is 9.31. The summed E-state index contributed by atoms with van der Waals surface area (Å²) in [5.74, 6) is 1.10. The van der Waals surface area contributed by atoms with Gasteiger partial charge in [-0.1, -0.05) is 15.9 Å². The molecule has 0 unspecified atom stereocenters. The van der Waals surface area contributed by atoms with Crippen LogP contribution in [-0.2, 0) is 0 Å². The maximum Gasteiger partial charge on any atom is 0.256 e. The van der Waals surface area contributed by atoms with Gasteiger partial charge in [-0.3, -0.25) is 9.78 Å². The molecule has 3 aromatic heterocycles. The molecule has 1 fully saturated rings. The Hall–Kier alpha value is -3.19. The van der Waals surface area contributed by atoms with E-state index in [0.717, 1.165) is 39.6 Å². The molecule has 7 heteroatoms. The van der Waals surface area contributed by atoms with E-state index in [1.165, 1.54) is 0 Å². The van der Waals surface area contributed by atoms with Crippen molar-refractivity contribution in [3.05, 3.63) is 77.0 Å². The molecule has 3 heterocycles. The van der Waals surface area contributed by atoms with Crippen molar-refractivity contribution in [1.29, 1.82) is 0 Å². The van der Waals surface area contributed by atoms with Crippen molar-refractivity contribution < 1.29 is 4.79 Å². The van der Waals surface area contributed by atoms with Crippen LogP contribution in [0.15, 0.2) is 65.7 Å². The molecule has 1 aliphatic carbocycles. The number of hydrogen-bond acceptors (Lipinski definition) is 5. The zero-order valence-electron chi connectivity index (χ0n) is 15.3. The molecule has 0 aliphatic heterocycles. The van der Waals surface area contributed by atoms with E-state index in [-0.39, 0.29) is 5.91 Å². The number of fused-ring (bicyclic) bond motifs is 1. The Morgan fingerprint density at radius 3 is 2.52 bits per heavy atom. The minimum absolute atomic E-state index is 0.228. The smallest absolute Gasteiger partial charge is 0.256 e. The number of pyridine rings is 2. The van der Waals surface area contributed by atoms with Gasteiger partial charge in [0.15, 0.2) is 0 Å². The van der Waals surface area contributed by atoms with Gasteiger partial charge in [0, 0.05) is 33.7 Å². The second-order valence-electron chi connectivity index (χ2n) is 7.01. The van der Waals surface area contributed by atoms with Crippen LogP contribution in [0.5, 0.6) is 0 Å². The molecule has 0 bridgehead atoms. The molecule has 0 radical (unpaired) electrons. The number of rotatable bonds is 4. The molecule has 1 amide bonds. The normalized spacial score (nSPS) is 13.4. The predicted octanol–water partition coefficient (Wildman–Crippen LogP) is 4.98. The van der Waals surface area contributed by atoms with E-state index in [1.54, 1.807) is 30.9 Å². The monoisotopic (exact) mass is 445 g/mol. The Kier molecular flexibility index (Phi) is 4.52. The van der Waals surface area contributed by atoms with Crippen molar-refractivity contribution in [3.63, 3.8) is 0 Å². The van der Waals surface area contributed by atoms with Gasteiger partial charge in [-0.15, -0.1) is 0 Å². The quantitative estimate of drug-likeness (QED) is 0.478. The molecule has 0 atom stereocenters. The van der Waals surface area contributed by atoms with Crippen LogP contribution in [0.2, 0.25) is 0 Å². The van der Waals surface area contributed by atoms with E-state index in [1.807, 2.05) is 30.3 Å². The van der Waals surface area contributed by atoms with Crippen LogP contribution in [0.3, 0.4) is 0 Å². The third kappa shape index (κ3) is 3.73. The zero-order valence-corrected chi connectivity index (χ0v) is 16.9. The molecule has 1 aromatic carbocycles. The molecule has 0 spiro atoms. The molecule has 1 N–H and O–H groups in total. The first-order chi connectivity index (χ1) is 14.2. The number of amides is 1. The third-order valence-corrected chi connectivity index (χ3v) is 5.36. The van der Waals surface area contributed by atoms with Gasteiger partial charge in [0.2, 0.25) is 0 Å². The number of carbonyl (C=O) groups is 1. The Morgan fingerprint density at radius 1 is 1.03 bits per heavy atom. The number of nitrogens with one attached hydrogen (secondary N) is 1. The average molecular weight is 446 g/mol. The molecular weight excluding hydrogens is 430 g/mol. The Morgan fingerprint density at radius 2 is 1.79 bits per heavy atom. The minimum atomic E-state index is -0.228. The van der Waals surface area contributed by atoms with Crippen LogP contribution in [0, 0.1) is 0 Å². The molecule has 29 heavy (non-hydrogen) atoms. The molecular formula is C22H16BrN5O. The largest absolute Gasteiger partial charge is 0.319 e. The molecule has 1 aliphatic rings. The van der Waals surface area contributed by atoms with Gasteiger partial charge in [-0.05, 0) is 49.2 Å². The zero-order chi connectivity index (χ0) is 19.8. The topological polar surface area (TPSA) is 80.7 Å². The fraction of sp³-hybridized carbons (Fsp3) is 0.136. The van der Waals surface area contributed by atoms with E-state index in [0.29, 0.717) is 22.9 Å². The van der Waals surface area contributed by atoms with Crippen LogP contribution >= 0.6 is 15.9 Å². The van der Waals surface area contributed by atoms with Crippen molar-refractivity contribution in [2.75, 3.05) is 5.32 Å². The third-order valence-electron chi connectivity index (χ3n) is 4.86. The van der Waals surface area contributed by atoms with Crippen LogP contribution in [-0.4, -0.2) is 25.8 Å². The number of halogens is 1. The Bertz CT molecular complexity index is 1210. The molecule has 5 rings (SSSR count). The summed E-state index contributed by atoms with van der Waals surface area (Å²) < 4.78 is 0.884. The number of anilines is 1. The van der Waals surface area contributed by atoms with Crippen LogP contribution in [0.25, 0.3) is 22.2 Å². The van der Waals surface area contributed by atoms with Gasteiger partial charge in [0.05, 0.1) is 34.9 Å². The van der Waals surface area contributed by atoms with Gasteiger partial charge >= 0.3 is 0 Å². The fourth-order valence-corrected chi connectivity index (χ4v) is 3.57. The predicted molar refractivity (Wildman–Crippen MR) is 115 cm³/mol. The summed E-state index contributed by atoms with van der Waals surface area (Å²) in [5.41, 5.74) is 3.47. The highest BCUT2D eigenvalue weighted by Gasteiger charge is 2.26. The summed E-state index contributed by atoms with van der Waals surface area (Å²) in [6.07, 6.45) is 9.04. The van der Waals surface area contributed by atoms with Gasteiger partial charge in [-0.2, -0.15) is 0 Å². The summed E-state index contributed by atoms with van der Waals surface area (Å²) >= 11 is 3.49. The summed E-state index contributed by atoms with van der Waals surface area (Å²) in [6, 6.07) is 11.3. The first-order valence-corrected chi connectivity index (χ1v) is 10.1. The Balaban J connectivity index is 1.54. The molecule has 4 aromatic rings. The first kappa shape index (κ1) is 17.9. The number of hydrogen-bond donors (Lipinski definition) is 1. The number of benzene rings is 1. The second-order valence-corrected chi connectivity index (χ2v) is 7.93. The van der Waals surface area contributed by atoms with Gasteiger partial charge in [-0.25, -0.2) is 15.0 Å². The molecule has 1 saturated carbocycles. The SMILES string of the molecule is O=C(Nc1cnc(C2CC2)nc1)c1cc(-c2ccncc2)nc2ccc(Br)cc12. The van der Waals surface area contributed by atoms with E-state index < -0.39 is 0 Å². The molecule has 0 saturated heterocycles. The number of aromatic nitrogens is 4. The van der Waals surface area contributed by atoms with E-state index in [9.17, 15) is 4.79 Å². The lowest BCUT2D eigenvalue weighted by atomic mass is 10.0. The number of nitrogens with zero attached hydrogens (tertiary/aromatic N) is 4. The lowest BCUT2D eigenvalue weighted by molar-refractivity contribution is 0.102. The van der Waals surface area contributed by atoms with Crippen LogP contribution in [0.1, 0.15) is 34.9 Å². The van der Waals surface area contributed by atoms with E-state index in [4.69, 9.17) is 4.98 Å². The average Bonchev–Trinajstić information content (AvgIpc) is 3.59. The molecule has 142 valence electrons. The van der Waals surface area contributed by atoms with Crippen LogP contribution in [0.4, 0.5) is 5.69 Å². The highest BCUT2D eigenvalue weighted by molar-refractivity contribution is 9.10. The maximum absolute atomic E-state index is 13.1. The Labute approximate surface area is 175 Å². The van der Waals surface area contributed by atoms with Crippen molar-refractivity contribution >= 4 is 38.4 Å². The van der Waals surface area contributed by atoms with Crippen LogP contribution < -0.4 is 5.32 Å². The summed E-state index contributed by atoms with van der Waals surface area (Å²) in [5, 5.41) is 3.68. The highest BCUT2D eigenvalue weighted by atomic mass is 79.9. The fourth-order valence-electron chi connectivity index (χ4n) is 3.21. The maximum atomic E-state index is 13.1. The lowest BCUT2D eigenvalue weighted by Crippen LogP contribution is -2.14. The van der Waals surface area contributed by atoms with Gasteiger partial charge in [0.25, 0.3) is 5.91 Å². The van der Waals surface area contributed by atoms with Crippen molar-refractivity contribution in [2.45, 2.75) is 18.8 Å². The van der Waals surface area contributed by atoms with Crippen molar-refractivity contribution in [1.82, 2.24) is 19.9 Å².